The van der Waals surface area contributed by atoms with E-state index >= 15 is 0 Å². The Morgan fingerprint density at radius 3 is 2.15 bits per heavy atom. The topological polar surface area (TPSA) is 70.0 Å². The number of nitrogens with zero attached hydrogens (tertiary/aromatic N) is 1. The van der Waals surface area contributed by atoms with Crippen molar-refractivity contribution in [2.45, 2.75) is 37.3 Å². The van der Waals surface area contributed by atoms with E-state index in [0.717, 1.165) is 12.1 Å². The van der Waals surface area contributed by atoms with Crippen LogP contribution < -0.4 is 4.72 Å². The van der Waals surface area contributed by atoms with Crippen molar-refractivity contribution in [1.29, 1.82) is 5.26 Å². The summed E-state index contributed by atoms with van der Waals surface area (Å²) in [6.45, 7) is 5.49. The summed E-state index contributed by atoms with van der Waals surface area (Å²) in [6, 6.07) is 10.3. The molecule has 0 heterocycles. The van der Waals surface area contributed by atoms with E-state index < -0.39 is 32.1 Å². The number of sulfonamides is 1. The highest BCUT2D eigenvalue weighted by Gasteiger charge is 2.37. The van der Waals surface area contributed by atoms with Gasteiger partial charge < -0.3 is 0 Å². The van der Waals surface area contributed by atoms with Crippen molar-refractivity contribution in [2.24, 2.45) is 0 Å². The number of nitrogens with one attached hydrogen (secondary N) is 1. The molecule has 138 valence electrons. The molecule has 2 aromatic rings. The largest absolute Gasteiger partial charge is 0.417 e. The minimum Gasteiger partial charge on any atom is -0.279 e. The van der Waals surface area contributed by atoms with Gasteiger partial charge in [-0.2, -0.15) is 18.4 Å². The molecule has 0 fully saturated rings. The number of halogens is 3. The molecule has 2 aromatic carbocycles. The van der Waals surface area contributed by atoms with Gasteiger partial charge in [-0.15, -0.1) is 0 Å². The molecule has 0 radical (unpaired) electrons. The fourth-order valence-corrected chi connectivity index (χ4v) is 3.79. The smallest absolute Gasteiger partial charge is 0.279 e. The van der Waals surface area contributed by atoms with Gasteiger partial charge in [-0.1, -0.05) is 39.0 Å². The molecule has 0 unspecified atom stereocenters. The number of hydrogen-bond donors (Lipinski definition) is 1. The molecule has 8 heteroatoms. The second-order valence-corrected chi connectivity index (χ2v) is 8.37. The summed E-state index contributed by atoms with van der Waals surface area (Å²) in [6.07, 6.45) is -4.81. The first-order chi connectivity index (χ1) is 11.9. The summed E-state index contributed by atoms with van der Waals surface area (Å²) < 4.78 is 67.0. The fraction of sp³-hybridized carbons (Fsp3) is 0.278. The monoisotopic (exact) mass is 382 g/mol. The van der Waals surface area contributed by atoms with E-state index in [9.17, 15) is 21.6 Å². The molecule has 0 saturated heterocycles. The maximum absolute atomic E-state index is 13.2. The molecule has 0 spiro atoms. The molecule has 4 nitrogen and oxygen atoms in total. The van der Waals surface area contributed by atoms with Crippen LogP contribution in [0.4, 0.5) is 18.9 Å². The number of anilines is 1. The molecule has 0 aliphatic heterocycles. The average Bonchev–Trinajstić information content (AvgIpc) is 2.52. The molecule has 0 amide bonds. The van der Waals surface area contributed by atoms with Crippen molar-refractivity contribution >= 4 is 15.7 Å². The van der Waals surface area contributed by atoms with Crippen LogP contribution in [0.25, 0.3) is 0 Å². The van der Waals surface area contributed by atoms with Crippen LogP contribution in [0, 0.1) is 11.3 Å². The van der Waals surface area contributed by atoms with Crippen molar-refractivity contribution in [1.82, 2.24) is 0 Å². The summed E-state index contributed by atoms with van der Waals surface area (Å²) in [7, 11) is -4.51. The highest BCUT2D eigenvalue weighted by molar-refractivity contribution is 7.92. The van der Waals surface area contributed by atoms with Gasteiger partial charge in [-0.3, -0.25) is 4.72 Å². The highest BCUT2D eigenvalue weighted by atomic mass is 32.2. The first-order valence-corrected chi connectivity index (χ1v) is 9.08. The van der Waals surface area contributed by atoms with Gasteiger partial charge in [0.2, 0.25) is 0 Å². The van der Waals surface area contributed by atoms with E-state index in [4.69, 9.17) is 5.26 Å². The van der Waals surface area contributed by atoms with Crippen LogP contribution in [-0.4, -0.2) is 8.42 Å². The number of benzene rings is 2. The van der Waals surface area contributed by atoms with Crippen LogP contribution in [0.5, 0.6) is 0 Å². The average molecular weight is 382 g/mol. The SMILES string of the molecule is CC(C)(C)c1ccc(C#N)cc1NS(=O)(=O)c1ccccc1C(F)(F)F. The van der Waals surface area contributed by atoms with Crippen molar-refractivity contribution in [2.75, 3.05) is 4.72 Å². The lowest BCUT2D eigenvalue weighted by molar-refractivity contribution is -0.139. The van der Waals surface area contributed by atoms with E-state index in [-0.39, 0.29) is 11.3 Å². The van der Waals surface area contributed by atoms with Gasteiger partial charge in [-0.05, 0) is 35.2 Å². The van der Waals surface area contributed by atoms with Crippen LogP contribution >= 0.6 is 0 Å². The van der Waals surface area contributed by atoms with Crippen molar-refractivity contribution in [3.63, 3.8) is 0 Å². The molecule has 0 aromatic heterocycles. The number of alkyl halides is 3. The molecular weight excluding hydrogens is 365 g/mol. The third-order valence-electron chi connectivity index (χ3n) is 3.68. The first-order valence-electron chi connectivity index (χ1n) is 7.60. The Labute approximate surface area is 150 Å². The molecule has 2 rings (SSSR count). The van der Waals surface area contributed by atoms with Gasteiger partial charge in [0.15, 0.2) is 0 Å². The minimum absolute atomic E-state index is 0.0773. The standard InChI is InChI=1S/C18H17F3N2O2S/c1-17(2,3)13-9-8-12(11-22)10-15(13)23-26(24,25)16-7-5-4-6-14(16)18(19,20)21/h4-10,23H,1-3H3. The minimum atomic E-state index is -4.81. The molecule has 0 aliphatic rings. The predicted octanol–water partition coefficient (Wildman–Crippen LogP) is 4.68. The van der Waals surface area contributed by atoms with Crippen LogP contribution in [-0.2, 0) is 21.6 Å². The van der Waals surface area contributed by atoms with Crippen molar-refractivity contribution < 1.29 is 21.6 Å². The van der Waals surface area contributed by atoms with Crippen molar-refractivity contribution in [3.05, 3.63) is 59.2 Å². The summed E-state index contributed by atoms with van der Waals surface area (Å²) in [5.41, 5.74) is -0.908. The Kier molecular flexibility index (Phi) is 5.06. The van der Waals surface area contributed by atoms with Crippen LogP contribution in [0.15, 0.2) is 47.4 Å². The van der Waals surface area contributed by atoms with Gasteiger partial charge >= 0.3 is 6.18 Å². The summed E-state index contributed by atoms with van der Waals surface area (Å²) in [5, 5.41) is 9.05. The molecular formula is C18H17F3N2O2S. The number of nitriles is 1. The Balaban J connectivity index is 2.61. The molecule has 1 N–H and O–H groups in total. The predicted molar refractivity (Wildman–Crippen MR) is 92.1 cm³/mol. The van der Waals surface area contributed by atoms with Crippen LogP contribution in [0.1, 0.15) is 37.5 Å². The highest BCUT2D eigenvalue weighted by Crippen LogP contribution is 2.36. The maximum atomic E-state index is 13.2. The quantitative estimate of drug-likeness (QED) is 0.838. The van der Waals surface area contributed by atoms with E-state index in [1.165, 1.54) is 18.2 Å². The zero-order valence-electron chi connectivity index (χ0n) is 14.3. The maximum Gasteiger partial charge on any atom is 0.417 e. The first kappa shape index (κ1) is 19.8. The zero-order chi connectivity index (χ0) is 19.8. The van der Waals surface area contributed by atoms with E-state index in [0.29, 0.717) is 11.6 Å². The second kappa shape index (κ2) is 6.65. The summed E-state index contributed by atoms with van der Waals surface area (Å²) >= 11 is 0. The van der Waals surface area contributed by atoms with Gasteiger partial charge in [0.25, 0.3) is 10.0 Å². The molecule has 0 bridgehead atoms. The molecule has 0 saturated carbocycles. The third kappa shape index (κ3) is 4.17. The van der Waals surface area contributed by atoms with Crippen molar-refractivity contribution in [3.8, 4) is 6.07 Å². The zero-order valence-corrected chi connectivity index (χ0v) is 15.2. The van der Waals surface area contributed by atoms with E-state index in [1.807, 2.05) is 26.8 Å². The fourth-order valence-electron chi connectivity index (χ4n) is 2.49. The lowest BCUT2D eigenvalue weighted by Crippen LogP contribution is -2.22. The van der Waals surface area contributed by atoms with E-state index in [1.54, 1.807) is 6.07 Å². The lowest BCUT2D eigenvalue weighted by Gasteiger charge is -2.24. The summed E-state index contributed by atoms with van der Waals surface area (Å²) in [4.78, 5) is -0.866. The molecule has 0 atom stereocenters. The second-order valence-electron chi connectivity index (χ2n) is 6.72. The van der Waals surface area contributed by atoms with Crippen LogP contribution in [0.3, 0.4) is 0 Å². The Hall–Kier alpha value is -2.53. The van der Waals surface area contributed by atoms with Crippen LogP contribution in [0.2, 0.25) is 0 Å². The van der Waals surface area contributed by atoms with Gasteiger partial charge in [-0.25, -0.2) is 8.42 Å². The normalized spacial score (nSPS) is 12.5. The number of hydrogen-bond acceptors (Lipinski definition) is 3. The number of rotatable bonds is 3. The Morgan fingerprint density at radius 2 is 1.62 bits per heavy atom. The third-order valence-corrected chi connectivity index (χ3v) is 5.11. The van der Waals surface area contributed by atoms with Gasteiger partial charge in [0, 0.05) is 0 Å². The van der Waals surface area contributed by atoms with E-state index in [2.05, 4.69) is 4.72 Å². The Bertz CT molecular complexity index is 969. The summed E-state index contributed by atoms with van der Waals surface area (Å²) in [5.74, 6) is 0. The lowest BCUT2D eigenvalue weighted by atomic mass is 9.85. The molecule has 26 heavy (non-hydrogen) atoms. The van der Waals surface area contributed by atoms with Gasteiger partial charge in [0.05, 0.1) is 27.8 Å². The van der Waals surface area contributed by atoms with Gasteiger partial charge in [0.1, 0.15) is 0 Å². The Morgan fingerprint density at radius 1 is 1.00 bits per heavy atom. The molecule has 0 aliphatic carbocycles.